The minimum absolute atomic E-state index is 0.638. The summed E-state index contributed by atoms with van der Waals surface area (Å²) in [4.78, 5) is 0. The van der Waals surface area contributed by atoms with Crippen molar-refractivity contribution in [3.63, 3.8) is 0 Å². The molecule has 1 atom stereocenters. The van der Waals surface area contributed by atoms with Gasteiger partial charge in [-0.2, -0.15) is 0 Å². The Kier molecular flexibility index (Phi) is 3.87. The molecule has 0 radical (unpaired) electrons. The van der Waals surface area contributed by atoms with Crippen LogP contribution in [0.15, 0.2) is 46.9 Å². The first-order valence-electron chi connectivity index (χ1n) is 5.27. The normalized spacial score (nSPS) is 12.5. The summed E-state index contributed by atoms with van der Waals surface area (Å²) in [6, 6.07) is 13.2. The standard InChI is InChI=1S/C14H12BrClO/c1-9-2-3-11(8-13(9)16)14(17)10-4-6-12(15)7-5-10/h2-8,14,17H,1H3/t14-/m1/s1. The van der Waals surface area contributed by atoms with Gasteiger partial charge in [0.1, 0.15) is 6.10 Å². The van der Waals surface area contributed by atoms with Crippen molar-refractivity contribution < 1.29 is 5.11 Å². The number of hydrogen-bond donors (Lipinski definition) is 1. The smallest absolute Gasteiger partial charge is 0.104 e. The van der Waals surface area contributed by atoms with Crippen molar-refractivity contribution in [1.29, 1.82) is 0 Å². The molecule has 1 N–H and O–H groups in total. The molecule has 0 aliphatic heterocycles. The highest BCUT2D eigenvalue weighted by Crippen LogP contribution is 2.26. The average molecular weight is 312 g/mol. The molecule has 1 nitrogen and oxygen atoms in total. The van der Waals surface area contributed by atoms with Crippen LogP contribution in [0.2, 0.25) is 5.02 Å². The summed E-state index contributed by atoms with van der Waals surface area (Å²) in [6.07, 6.45) is -0.638. The van der Waals surface area contributed by atoms with E-state index in [9.17, 15) is 5.11 Å². The van der Waals surface area contributed by atoms with Gasteiger partial charge in [0.05, 0.1) is 0 Å². The highest BCUT2D eigenvalue weighted by atomic mass is 79.9. The highest BCUT2D eigenvalue weighted by Gasteiger charge is 2.11. The number of hydrogen-bond acceptors (Lipinski definition) is 1. The molecule has 0 saturated heterocycles. The van der Waals surface area contributed by atoms with E-state index in [1.807, 2.05) is 49.4 Å². The average Bonchev–Trinajstić information content (AvgIpc) is 2.33. The molecule has 0 unspecified atom stereocenters. The van der Waals surface area contributed by atoms with E-state index in [1.54, 1.807) is 0 Å². The third kappa shape index (κ3) is 2.89. The topological polar surface area (TPSA) is 20.2 Å². The van der Waals surface area contributed by atoms with E-state index >= 15 is 0 Å². The summed E-state index contributed by atoms with van der Waals surface area (Å²) in [6.45, 7) is 1.94. The Labute approximate surface area is 114 Å². The molecule has 0 aliphatic rings. The third-order valence-corrected chi connectivity index (χ3v) is 3.63. The fourth-order valence-electron chi connectivity index (χ4n) is 1.62. The monoisotopic (exact) mass is 310 g/mol. The van der Waals surface area contributed by atoms with Crippen molar-refractivity contribution in [2.24, 2.45) is 0 Å². The molecule has 2 aromatic carbocycles. The maximum absolute atomic E-state index is 10.2. The first-order chi connectivity index (χ1) is 8.08. The summed E-state index contributed by atoms with van der Waals surface area (Å²) >= 11 is 9.42. The molecule has 0 saturated carbocycles. The van der Waals surface area contributed by atoms with E-state index in [0.717, 1.165) is 21.2 Å². The molecule has 0 heterocycles. The SMILES string of the molecule is Cc1ccc([C@H](O)c2ccc(Br)cc2)cc1Cl. The lowest BCUT2D eigenvalue weighted by molar-refractivity contribution is 0.220. The molecule has 0 amide bonds. The Morgan fingerprint density at radius 3 is 2.24 bits per heavy atom. The van der Waals surface area contributed by atoms with Crippen LogP contribution in [0, 0.1) is 6.92 Å². The van der Waals surface area contributed by atoms with Crippen LogP contribution in [0.25, 0.3) is 0 Å². The van der Waals surface area contributed by atoms with E-state index in [0.29, 0.717) is 5.02 Å². The van der Waals surface area contributed by atoms with E-state index in [1.165, 1.54) is 0 Å². The first kappa shape index (κ1) is 12.6. The van der Waals surface area contributed by atoms with Gasteiger partial charge in [-0.3, -0.25) is 0 Å². The minimum Gasteiger partial charge on any atom is -0.384 e. The van der Waals surface area contributed by atoms with Gasteiger partial charge in [0.25, 0.3) is 0 Å². The highest BCUT2D eigenvalue weighted by molar-refractivity contribution is 9.10. The second-order valence-corrected chi connectivity index (χ2v) is 5.29. The van der Waals surface area contributed by atoms with Crippen molar-refractivity contribution in [3.05, 3.63) is 68.7 Å². The van der Waals surface area contributed by atoms with Gasteiger partial charge in [-0.15, -0.1) is 0 Å². The van der Waals surface area contributed by atoms with Crippen molar-refractivity contribution in [2.75, 3.05) is 0 Å². The Morgan fingerprint density at radius 2 is 1.65 bits per heavy atom. The van der Waals surface area contributed by atoms with Crippen LogP contribution < -0.4 is 0 Å². The molecule has 0 spiro atoms. The minimum atomic E-state index is -0.638. The molecule has 0 aromatic heterocycles. The number of halogens is 2. The summed E-state index contributed by atoms with van der Waals surface area (Å²) in [5.74, 6) is 0. The Bertz CT molecular complexity index is 522. The number of benzene rings is 2. The van der Waals surface area contributed by atoms with Crippen LogP contribution in [0.5, 0.6) is 0 Å². The second kappa shape index (κ2) is 5.21. The van der Waals surface area contributed by atoms with Crippen molar-refractivity contribution in [3.8, 4) is 0 Å². The predicted molar refractivity (Wildman–Crippen MR) is 74.4 cm³/mol. The van der Waals surface area contributed by atoms with Gasteiger partial charge in [0.15, 0.2) is 0 Å². The fourth-order valence-corrected chi connectivity index (χ4v) is 2.07. The van der Waals surface area contributed by atoms with Crippen LogP contribution in [0.1, 0.15) is 22.8 Å². The maximum atomic E-state index is 10.2. The van der Waals surface area contributed by atoms with Gasteiger partial charge in [0, 0.05) is 9.50 Å². The molecule has 2 rings (SSSR count). The van der Waals surface area contributed by atoms with E-state index < -0.39 is 6.10 Å². The number of aliphatic hydroxyl groups is 1. The first-order valence-corrected chi connectivity index (χ1v) is 6.44. The molecular weight excluding hydrogens is 300 g/mol. The van der Waals surface area contributed by atoms with Gasteiger partial charge in [-0.25, -0.2) is 0 Å². The number of aryl methyl sites for hydroxylation is 1. The van der Waals surface area contributed by atoms with Crippen LogP contribution in [-0.4, -0.2) is 5.11 Å². The van der Waals surface area contributed by atoms with Crippen LogP contribution in [0.3, 0.4) is 0 Å². The molecule has 17 heavy (non-hydrogen) atoms. The molecule has 88 valence electrons. The lowest BCUT2D eigenvalue weighted by Gasteiger charge is -2.12. The van der Waals surface area contributed by atoms with Crippen molar-refractivity contribution in [2.45, 2.75) is 13.0 Å². The van der Waals surface area contributed by atoms with Gasteiger partial charge in [-0.05, 0) is 41.8 Å². The van der Waals surface area contributed by atoms with Gasteiger partial charge in [-0.1, -0.05) is 51.8 Å². The van der Waals surface area contributed by atoms with Crippen LogP contribution in [-0.2, 0) is 0 Å². The third-order valence-electron chi connectivity index (χ3n) is 2.70. The van der Waals surface area contributed by atoms with E-state index in [4.69, 9.17) is 11.6 Å². The Morgan fingerprint density at radius 1 is 1.06 bits per heavy atom. The molecule has 3 heteroatoms. The van der Waals surface area contributed by atoms with Crippen LogP contribution in [0.4, 0.5) is 0 Å². The van der Waals surface area contributed by atoms with E-state index in [-0.39, 0.29) is 0 Å². The lowest BCUT2D eigenvalue weighted by atomic mass is 10.0. The second-order valence-electron chi connectivity index (χ2n) is 3.96. The summed E-state index contributed by atoms with van der Waals surface area (Å²) in [7, 11) is 0. The predicted octanol–water partition coefficient (Wildman–Crippen LogP) is 4.49. The van der Waals surface area contributed by atoms with Gasteiger partial charge < -0.3 is 5.11 Å². The zero-order valence-corrected chi connectivity index (χ0v) is 11.7. The summed E-state index contributed by atoms with van der Waals surface area (Å²) < 4.78 is 0.996. The maximum Gasteiger partial charge on any atom is 0.104 e. The zero-order valence-electron chi connectivity index (χ0n) is 9.32. The molecule has 0 bridgehead atoms. The Balaban J connectivity index is 2.33. The largest absolute Gasteiger partial charge is 0.384 e. The lowest BCUT2D eigenvalue weighted by Crippen LogP contribution is -1.99. The number of aliphatic hydroxyl groups excluding tert-OH is 1. The van der Waals surface area contributed by atoms with Crippen LogP contribution >= 0.6 is 27.5 Å². The van der Waals surface area contributed by atoms with E-state index in [2.05, 4.69) is 15.9 Å². The summed E-state index contributed by atoms with van der Waals surface area (Å²) in [5.41, 5.74) is 2.68. The van der Waals surface area contributed by atoms with Gasteiger partial charge in [0.2, 0.25) is 0 Å². The molecular formula is C14H12BrClO. The zero-order chi connectivity index (χ0) is 12.4. The Hall–Kier alpha value is -0.830. The fraction of sp³-hybridized carbons (Fsp3) is 0.143. The molecule has 0 aliphatic carbocycles. The molecule has 2 aromatic rings. The number of rotatable bonds is 2. The quantitative estimate of drug-likeness (QED) is 0.866. The van der Waals surface area contributed by atoms with Crippen molar-refractivity contribution >= 4 is 27.5 Å². The summed E-state index contributed by atoms with van der Waals surface area (Å²) in [5, 5.41) is 10.9. The van der Waals surface area contributed by atoms with Gasteiger partial charge >= 0.3 is 0 Å². The molecule has 0 fully saturated rings. The van der Waals surface area contributed by atoms with Crippen molar-refractivity contribution in [1.82, 2.24) is 0 Å².